The minimum Gasteiger partial charge on any atom is -0.434 e. The van der Waals surface area contributed by atoms with Crippen molar-refractivity contribution in [3.05, 3.63) is 23.9 Å². The van der Waals surface area contributed by atoms with Crippen LogP contribution in [0.25, 0.3) is 11.1 Å². The van der Waals surface area contributed by atoms with E-state index in [-0.39, 0.29) is 12.6 Å². The summed E-state index contributed by atoms with van der Waals surface area (Å²) in [6, 6.07) is 5.54. The molecule has 1 aromatic heterocycles. The Balaban J connectivity index is 2.05. The Morgan fingerprint density at radius 3 is 2.74 bits per heavy atom. The van der Waals surface area contributed by atoms with Crippen LogP contribution in [0, 0.1) is 0 Å². The maximum atomic E-state index is 11.9. The van der Waals surface area contributed by atoms with Gasteiger partial charge in [0.1, 0.15) is 0 Å². The van der Waals surface area contributed by atoms with Crippen molar-refractivity contribution < 1.29 is 18.7 Å². The first kappa shape index (κ1) is 15.1. The summed E-state index contributed by atoms with van der Waals surface area (Å²) >= 11 is 0. The van der Waals surface area contributed by atoms with Crippen LogP contribution >= 0.6 is 0 Å². The number of primary amides is 1. The first-order valence-electron chi connectivity index (χ1n) is 7.27. The Morgan fingerprint density at radius 2 is 2.17 bits per heavy atom. The number of hydrogen-bond donors (Lipinski definition) is 1. The minimum absolute atomic E-state index is 0.0928. The van der Waals surface area contributed by atoms with Gasteiger partial charge in [0.25, 0.3) is 11.6 Å². The molecule has 2 amide bonds. The molecular formula is C15H18N4O4. The SMILES string of the molecule is CN=c1oc2cc(N3C[C@H](C(N)=O)OC3=O)ccc2n1C(C)C. The Labute approximate surface area is 132 Å². The Kier molecular flexibility index (Phi) is 3.59. The van der Waals surface area contributed by atoms with Gasteiger partial charge in [-0.2, -0.15) is 0 Å². The maximum absolute atomic E-state index is 11.9. The van der Waals surface area contributed by atoms with Crippen molar-refractivity contribution in [1.82, 2.24) is 4.57 Å². The molecule has 0 radical (unpaired) electrons. The second-order valence-corrected chi connectivity index (χ2v) is 5.61. The third kappa shape index (κ3) is 2.45. The highest BCUT2D eigenvalue weighted by atomic mass is 16.6. The topological polar surface area (TPSA) is 103 Å². The van der Waals surface area contributed by atoms with Crippen LogP contribution in [-0.2, 0) is 9.53 Å². The summed E-state index contributed by atoms with van der Waals surface area (Å²) in [4.78, 5) is 28.6. The predicted octanol–water partition coefficient (Wildman–Crippen LogP) is 1.16. The Bertz CT molecular complexity index is 849. The van der Waals surface area contributed by atoms with E-state index in [1.165, 1.54) is 4.90 Å². The van der Waals surface area contributed by atoms with Crippen LogP contribution in [0.3, 0.4) is 0 Å². The van der Waals surface area contributed by atoms with Crippen LogP contribution in [0.5, 0.6) is 0 Å². The number of cyclic esters (lactones) is 1. The summed E-state index contributed by atoms with van der Waals surface area (Å²) in [5, 5.41) is 0. The van der Waals surface area contributed by atoms with Gasteiger partial charge in [0, 0.05) is 19.2 Å². The van der Waals surface area contributed by atoms with Gasteiger partial charge in [0.2, 0.25) is 0 Å². The lowest BCUT2D eigenvalue weighted by Crippen LogP contribution is -2.32. The number of nitrogens with two attached hydrogens (primary N) is 1. The van der Waals surface area contributed by atoms with Gasteiger partial charge in [-0.05, 0) is 26.0 Å². The minimum atomic E-state index is -0.934. The molecule has 1 aromatic carbocycles. The molecule has 122 valence electrons. The van der Waals surface area contributed by atoms with E-state index >= 15 is 0 Å². The normalized spacial score (nSPS) is 19.0. The lowest BCUT2D eigenvalue weighted by atomic mass is 10.2. The Morgan fingerprint density at radius 1 is 1.43 bits per heavy atom. The van der Waals surface area contributed by atoms with Crippen molar-refractivity contribution in [2.24, 2.45) is 10.7 Å². The molecule has 2 heterocycles. The summed E-state index contributed by atoms with van der Waals surface area (Å²) in [5.74, 6) is -0.662. The largest absolute Gasteiger partial charge is 0.434 e. The molecule has 0 spiro atoms. The molecule has 0 aliphatic carbocycles. The highest BCUT2D eigenvalue weighted by Crippen LogP contribution is 2.26. The first-order valence-corrected chi connectivity index (χ1v) is 7.27. The third-order valence-corrected chi connectivity index (χ3v) is 3.76. The standard InChI is InChI=1S/C15H18N4O4/c1-8(2)19-10-5-4-9(6-11(10)22-14(19)17-3)18-7-12(13(16)20)23-15(18)21/h4-6,8,12H,7H2,1-3H3,(H2,16,20)/t12-/m1/s1. The predicted molar refractivity (Wildman–Crippen MR) is 82.9 cm³/mol. The van der Waals surface area contributed by atoms with Crippen LogP contribution in [0.1, 0.15) is 19.9 Å². The number of amides is 2. The van der Waals surface area contributed by atoms with E-state index in [1.54, 1.807) is 19.2 Å². The van der Waals surface area contributed by atoms with Gasteiger partial charge >= 0.3 is 6.09 Å². The van der Waals surface area contributed by atoms with Crippen LogP contribution < -0.4 is 16.3 Å². The summed E-state index contributed by atoms with van der Waals surface area (Å²) in [6.07, 6.45) is -1.53. The third-order valence-electron chi connectivity index (χ3n) is 3.76. The molecule has 23 heavy (non-hydrogen) atoms. The molecule has 0 unspecified atom stereocenters. The summed E-state index contributed by atoms with van der Waals surface area (Å²) < 4.78 is 12.7. The van der Waals surface area contributed by atoms with Gasteiger partial charge < -0.3 is 14.9 Å². The van der Waals surface area contributed by atoms with Crippen molar-refractivity contribution in [2.45, 2.75) is 26.0 Å². The van der Waals surface area contributed by atoms with Crippen LogP contribution in [0.15, 0.2) is 27.6 Å². The van der Waals surface area contributed by atoms with E-state index in [9.17, 15) is 9.59 Å². The second-order valence-electron chi connectivity index (χ2n) is 5.61. The average Bonchev–Trinajstić information content (AvgIpc) is 3.06. The van der Waals surface area contributed by atoms with Gasteiger partial charge in [0.05, 0.1) is 17.7 Å². The molecule has 3 rings (SSSR count). The van der Waals surface area contributed by atoms with Gasteiger partial charge in [-0.15, -0.1) is 0 Å². The first-order chi connectivity index (χ1) is 10.9. The molecular weight excluding hydrogens is 300 g/mol. The molecule has 8 nitrogen and oxygen atoms in total. The molecule has 1 fully saturated rings. The summed E-state index contributed by atoms with van der Waals surface area (Å²) in [6.45, 7) is 4.16. The molecule has 1 aliphatic heterocycles. The van der Waals surface area contributed by atoms with Crippen molar-refractivity contribution in [2.75, 3.05) is 18.5 Å². The second kappa shape index (κ2) is 5.45. The number of rotatable bonds is 3. The van der Waals surface area contributed by atoms with E-state index in [0.29, 0.717) is 17.0 Å². The zero-order valence-electron chi connectivity index (χ0n) is 13.1. The van der Waals surface area contributed by atoms with Crippen LogP contribution in [0.4, 0.5) is 10.5 Å². The number of anilines is 1. The molecule has 1 aliphatic rings. The number of nitrogens with zero attached hydrogens (tertiary/aromatic N) is 3. The van der Waals surface area contributed by atoms with Gasteiger partial charge in [-0.3, -0.25) is 14.3 Å². The van der Waals surface area contributed by atoms with Crippen molar-refractivity contribution in [3.8, 4) is 0 Å². The average molecular weight is 318 g/mol. The summed E-state index contributed by atoms with van der Waals surface area (Å²) in [7, 11) is 1.66. The lowest BCUT2D eigenvalue weighted by Gasteiger charge is -2.13. The number of benzene rings is 1. The number of fused-ring (bicyclic) bond motifs is 1. The zero-order valence-corrected chi connectivity index (χ0v) is 13.1. The van der Waals surface area contributed by atoms with Gasteiger partial charge in [0.15, 0.2) is 11.7 Å². The highest BCUT2D eigenvalue weighted by Gasteiger charge is 2.36. The number of carbonyl (C=O) groups is 2. The van der Waals surface area contributed by atoms with Crippen LogP contribution in [-0.4, -0.2) is 36.3 Å². The maximum Gasteiger partial charge on any atom is 0.415 e. The van der Waals surface area contributed by atoms with Crippen molar-refractivity contribution >= 4 is 28.8 Å². The van der Waals surface area contributed by atoms with E-state index in [1.807, 2.05) is 24.5 Å². The highest BCUT2D eigenvalue weighted by molar-refractivity contribution is 5.96. The summed E-state index contributed by atoms with van der Waals surface area (Å²) in [5.41, 5.74) is 7.76. The fourth-order valence-electron chi connectivity index (χ4n) is 2.68. The number of hydrogen-bond acceptors (Lipinski definition) is 5. The fraction of sp³-hybridized carbons (Fsp3) is 0.400. The van der Waals surface area contributed by atoms with Gasteiger partial charge in [-0.25, -0.2) is 9.79 Å². The number of oxazole rings is 1. The molecule has 2 aromatic rings. The monoisotopic (exact) mass is 318 g/mol. The smallest absolute Gasteiger partial charge is 0.415 e. The molecule has 1 atom stereocenters. The Hall–Kier alpha value is -2.77. The quantitative estimate of drug-likeness (QED) is 0.917. The van der Waals surface area contributed by atoms with E-state index in [0.717, 1.165) is 5.52 Å². The molecule has 0 bridgehead atoms. The molecule has 0 saturated carbocycles. The van der Waals surface area contributed by atoms with Crippen molar-refractivity contribution in [1.29, 1.82) is 0 Å². The van der Waals surface area contributed by atoms with E-state index in [2.05, 4.69) is 4.99 Å². The zero-order chi connectivity index (χ0) is 16.7. The van der Waals surface area contributed by atoms with Crippen molar-refractivity contribution in [3.63, 3.8) is 0 Å². The number of aromatic nitrogens is 1. The molecule has 1 saturated heterocycles. The van der Waals surface area contributed by atoms with Gasteiger partial charge in [-0.1, -0.05) is 0 Å². The lowest BCUT2D eigenvalue weighted by molar-refractivity contribution is -0.124. The van der Waals surface area contributed by atoms with E-state index in [4.69, 9.17) is 14.9 Å². The molecule has 8 heteroatoms. The fourth-order valence-corrected chi connectivity index (χ4v) is 2.68. The number of carbonyl (C=O) groups excluding carboxylic acids is 2. The van der Waals surface area contributed by atoms with E-state index < -0.39 is 18.1 Å². The number of ether oxygens (including phenoxy) is 1. The van der Waals surface area contributed by atoms with Crippen LogP contribution in [0.2, 0.25) is 0 Å². The molecule has 2 N–H and O–H groups in total.